The third-order valence-electron chi connectivity index (χ3n) is 5.00. The van der Waals surface area contributed by atoms with E-state index in [2.05, 4.69) is 21.0 Å². The minimum atomic E-state index is -0.301. The largest absolute Gasteiger partial charge is 0.282 e. The van der Waals surface area contributed by atoms with Gasteiger partial charge in [0.1, 0.15) is 11.6 Å². The second-order valence-electron chi connectivity index (χ2n) is 6.88. The summed E-state index contributed by atoms with van der Waals surface area (Å²) in [6, 6.07) is 11.6. The topological polar surface area (TPSA) is 47.2 Å². The number of rotatable bonds is 3. The van der Waals surface area contributed by atoms with Crippen molar-refractivity contribution in [1.29, 1.82) is 0 Å². The number of halogens is 2. The van der Waals surface area contributed by atoms with E-state index in [1.807, 2.05) is 12.1 Å². The van der Waals surface area contributed by atoms with Crippen LogP contribution in [0.15, 0.2) is 56.8 Å². The Morgan fingerprint density at radius 2 is 1.85 bits per heavy atom. The van der Waals surface area contributed by atoms with Gasteiger partial charge in [-0.3, -0.25) is 4.79 Å². The SMILES string of the molecule is O=c1c2cc(Br)ccc2nc(C2CCCCC2)n1N=Cc1ccc(F)cc1. The molecule has 138 valence electrons. The number of aromatic nitrogens is 2. The molecule has 1 fully saturated rings. The monoisotopic (exact) mass is 427 g/mol. The van der Waals surface area contributed by atoms with Crippen molar-refractivity contribution in [1.82, 2.24) is 9.66 Å². The Morgan fingerprint density at radius 3 is 2.59 bits per heavy atom. The molecule has 0 aliphatic heterocycles. The van der Waals surface area contributed by atoms with Gasteiger partial charge >= 0.3 is 0 Å². The lowest BCUT2D eigenvalue weighted by Crippen LogP contribution is -2.25. The molecule has 0 unspecified atom stereocenters. The molecule has 27 heavy (non-hydrogen) atoms. The van der Waals surface area contributed by atoms with Crippen LogP contribution in [-0.4, -0.2) is 15.9 Å². The Kier molecular flexibility index (Phi) is 5.16. The predicted octanol–water partition coefficient (Wildman–Crippen LogP) is 5.23. The molecule has 1 aliphatic rings. The number of fused-ring (bicyclic) bond motifs is 1. The Hall–Kier alpha value is -2.34. The van der Waals surface area contributed by atoms with Gasteiger partial charge < -0.3 is 0 Å². The summed E-state index contributed by atoms with van der Waals surface area (Å²) in [6.45, 7) is 0. The third-order valence-corrected chi connectivity index (χ3v) is 5.49. The molecule has 6 heteroatoms. The van der Waals surface area contributed by atoms with Crippen LogP contribution >= 0.6 is 15.9 Å². The molecule has 1 heterocycles. The van der Waals surface area contributed by atoms with Crippen LogP contribution in [0.5, 0.6) is 0 Å². The molecular weight excluding hydrogens is 409 g/mol. The first-order valence-electron chi connectivity index (χ1n) is 9.14. The first-order valence-corrected chi connectivity index (χ1v) is 9.93. The van der Waals surface area contributed by atoms with Gasteiger partial charge in [-0.25, -0.2) is 9.37 Å². The molecule has 0 amide bonds. The van der Waals surface area contributed by atoms with E-state index < -0.39 is 0 Å². The lowest BCUT2D eigenvalue weighted by molar-refractivity contribution is 0.416. The van der Waals surface area contributed by atoms with E-state index in [9.17, 15) is 9.18 Å². The molecule has 0 radical (unpaired) electrons. The lowest BCUT2D eigenvalue weighted by atomic mass is 9.88. The molecule has 3 aromatic rings. The smallest absolute Gasteiger partial charge is 0.267 e. The highest BCUT2D eigenvalue weighted by atomic mass is 79.9. The second kappa shape index (κ2) is 7.72. The quantitative estimate of drug-likeness (QED) is 0.537. The first-order chi connectivity index (χ1) is 13.1. The Bertz CT molecular complexity index is 1050. The van der Waals surface area contributed by atoms with Gasteiger partial charge in [-0.2, -0.15) is 9.78 Å². The highest BCUT2D eigenvalue weighted by molar-refractivity contribution is 9.10. The average Bonchev–Trinajstić information content (AvgIpc) is 2.69. The molecular formula is C21H19BrFN3O. The highest BCUT2D eigenvalue weighted by Gasteiger charge is 2.22. The zero-order chi connectivity index (χ0) is 18.8. The summed E-state index contributed by atoms with van der Waals surface area (Å²) < 4.78 is 15.4. The van der Waals surface area contributed by atoms with Gasteiger partial charge in [0, 0.05) is 10.4 Å². The van der Waals surface area contributed by atoms with E-state index in [4.69, 9.17) is 4.98 Å². The summed E-state index contributed by atoms with van der Waals surface area (Å²) in [5, 5.41) is 4.97. The maximum absolute atomic E-state index is 13.1. The van der Waals surface area contributed by atoms with Gasteiger partial charge in [-0.05, 0) is 48.7 Å². The van der Waals surface area contributed by atoms with Crippen LogP contribution in [0.2, 0.25) is 0 Å². The Morgan fingerprint density at radius 1 is 1.11 bits per heavy atom. The van der Waals surface area contributed by atoms with Crippen LogP contribution in [0.25, 0.3) is 10.9 Å². The average molecular weight is 428 g/mol. The van der Waals surface area contributed by atoms with Gasteiger partial charge in [0.05, 0.1) is 17.1 Å². The van der Waals surface area contributed by atoms with Crippen molar-refractivity contribution in [3.05, 3.63) is 74.5 Å². The van der Waals surface area contributed by atoms with Crippen molar-refractivity contribution < 1.29 is 4.39 Å². The van der Waals surface area contributed by atoms with Gasteiger partial charge in [0.2, 0.25) is 0 Å². The van der Waals surface area contributed by atoms with E-state index in [-0.39, 0.29) is 17.3 Å². The van der Waals surface area contributed by atoms with E-state index >= 15 is 0 Å². The van der Waals surface area contributed by atoms with Crippen molar-refractivity contribution in [3.63, 3.8) is 0 Å². The fourth-order valence-corrected chi connectivity index (χ4v) is 3.94. The Balaban J connectivity index is 1.85. The minimum Gasteiger partial charge on any atom is -0.267 e. The third kappa shape index (κ3) is 3.86. The number of hydrogen-bond donors (Lipinski definition) is 0. The zero-order valence-electron chi connectivity index (χ0n) is 14.7. The summed E-state index contributed by atoms with van der Waals surface area (Å²) in [7, 11) is 0. The highest BCUT2D eigenvalue weighted by Crippen LogP contribution is 2.32. The van der Waals surface area contributed by atoms with Crippen molar-refractivity contribution in [2.45, 2.75) is 38.0 Å². The van der Waals surface area contributed by atoms with Crippen molar-refractivity contribution in [3.8, 4) is 0 Å². The van der Waals surface area contributed by atoms with Crippen molar-refractivity contribution >= 4 is 33.0 Å². The van der Waals surface area contributed by atoms with Crippen LogP contribution in [0.1, 0.15) is 49.4 Å². The number of benzene rings is 2. The van der Waals surface area contributed by atoms with E-state index in [0.29, 0.717) is 16.7 Å². The molecule has 1 saturated carbocycles. The fourth-order valence-electron chi connectivity index (χ4n) is 3.58. The molecule has 0 bridgehead atoms. The number of hydrogen-bond acceptors (Lipinski definition) is 3. The summed E-state index contributed by atoms with van der Waals surface area (Å²) in [5.74, 6) is 0.641. The van der Waals surface area contributed by atoms with Gasteiger partial charge in [-0.15, -0.1) is 0 Å². The summed E-state index contributed by atoms with van der Waals surface area (Å²) in [6.07, 6.45) is 7.11. The molecule has 0 spiro atoms. The number of nitrogens with zero attached hydrogens (tertiary/aromatic N) is 3. The van der Waals surface area contributed by atoms with Gasteiger partial charge in [-0.1, -0.05) is 47.3 Å². The molecule has 4 rings (SSSR count). The van der Waals surface area contributed by atoms with Gasteiger partial charge in [0.15, 0.2) is 0 Å². The fraction of sp³-hybridized carbons (Fsp3) is 0.286. The Labute approximate surface area is 164 Å². The van der Waals surface area contributed by atoms with E-state index in [1.54, 1.807) is 24.4 Å². The molecule has 1 aliphatic carbocycles. The molecule has 0 saturated heterocycles. The van der Waals surface area contributed by atoms with E-state index in [0.717, 1.165) is 35.7 Å². The van der Waals surface area contributed by atoms with Crippen LogP contribution in [0.3, 0.4) is 0 Å². The molecule has 0 atom stereocenters. The second-order valence-corrected chi connectivity index (χ2v) is 7.80. The molecule has 1 aromatic heterocycles. The molecule has 0 N–H and O–H groups in total. The van der Waals surface area contributed by atoms with Gasteiger partial charge in [0.25, 0.3) is 5.56 Å². The lowest BCUT2D eigenvalue weighted by Gasteiger charge is -2.22. The minimum absolute atomic E-state index is 0.180. The summed E-state index contributed by atoms with van der Waals surface area (Å²) in [5.41, 5.74) is 1.24. The standard InChI is InChI=1S/C21H19BrFN3O/c22-16-8-11-19-18(12-16)21(27)26(20(25-19)15-4-2-1-3-5-15)24-13-14-6-9-17(23)10-7-14/h6-13,15H,1-5H2. The normalized spacial score (nSPS) is 15.6. The van der Waals surface area contributed by atoms with Crippen LogP contribution < -0.4 is 5.56 Å². The zero-order valence-corrected chi connectivity index (χ0v) is 16.3. The predicted molar refractivity (Wildman–Crippen MR) is 109 cm³/mol. The molecule has 4 nitrogen and oxygen atoms in total. The van der Waals surface area contributed by atoms with E-state index in [1.165, 1.54) is 23.2 Å². The van der Waals surface area contributed by atoms with Crippen molar-refractivity contribution in [2.24, 2.45) is 5.10 Å². The molecule has 2 aromatic carbocycles. The summed E-state index contributed by atoms with van der Waals surface area (Å²) >= 11 is 3.42. The van der Waals surface area contributed by atoms with Crippen molar-refractivity contribution in [2.75, 3.05) is 0 Å². The van der Waals surface area contributed by atoms with Crippen LogP contribution in [0, 0.1) is 5.82 Å². The maximum atomic E-state index is 13.1. The van der Waals surface area contributed by atoms with Crippen LogP contribution in [-0.2, 0) is 0 Å². The maximum Gasteiger partial charge on any atom is 0.282 e. The first kappa shape index (κ1) is 18.0. The van der Waals surface area contributed by atoms with Crippen LogP contribution in [0.4, 0.5) is 4.39 Å². The summed E-state index contributed by atoms with van der Waals surface area (Å²) in [4.78, 5) is 17.9.